The van der Waals surface area contributed by atoms with Gasteiger partial charge in [0.25, 0.3) is 0 Å². The molecule has 4 nitrogen and oxygen atoms in total. The maximum atomic E-state index is 5.05. The number of likely N-dealkylation sites (tertiary alicyclic amines) is 1. The topological polar surface area (TPSA) is 26.0 Å². The number of rotatable bonds is 3. The van der Waals surface area contributed by atoms with Crippen molar-refractivity contribution < 1.29 is 0 Å². The summed E-state index contributed by atoms with van der Waals surface area (Å²) in [6.45, 7) is 2.24. The van der Waals surface area contributed by atoms with E-state index in [2.05, 4.69) is 46.6 Å². The van der Waals surface area contributed by atoms with Crippen LogP contribution in [0.15, 0.2) is 18.5 Å². The van der Waals surface area contributed by atoms with Gasteiger partial charge in [0.2, 0.25) is 0 Å². The van der Waals surface area contributed by atoms with Gasteiger partial charge in [0.1, 0.15) is 5.82 Å². The maximum absolute atomic E-state index is 5.05. The van der Waals surface area contributed by atoms with Gasteiger partial charge in [0, 0.05) is 38.7 Å². The lowest BCUT2D eigenvalue weighted by atomic mass is 10.0. The van der Waals surface area contributed by atoms with Gasteiger partial charge in [0.05, 0.1) is 11.7 Å². The molecule has 2 aliphatic rings. The van der Waals surface area contributed by atoms with Crippen LogP contribution >= 0.6 is 0 Å². The number of aromatic nitrogens is 3. The summed E-state index contributed by atoms with van der Waals surface area (Å²) in [4.78, 5) is 7.66. The van der Waals surface area contributed by atoms with Crippen molar-refractivity contribution in [2.75, 3.05) is 6.54 Å². The van der Waals surface area contributed by atoms with Crippen LogP contribution in [0.4, 0.5) is 0 Å². The summed E-state index contributed by atoms with van der Waals surface area (Å²) < 4.78 is 4.54. The van der Waals surface area contributed by atoms with Crippen LogP contribution < -0.4 is 0 Å². The molecule has 0 bridgehead atoms. The molecule has 1 fully saturated rings. The van der Waals surface area contributed by atoms with Crippen molar-refractivity contribution in [3.63, 3.8) is 0 Å². The summed E-state index contributed by atoms with van der Waals surface area (Å²) in [7, 11) is 4.32. The zero-order valence-corrected chi connectivity index (χ0v) is 13.8. The molecule has 0 spiro atoms. The second kappa shape index (κ2) is 5.58. The maximum Gasteiger partial charge on any atom is 0.126 e. The van der Waals surface area contributed by atoms with E-state index < -0.39 is 0 Å². The predicted molar refractivity (Wildman–Crippen MR) is 87.6 cm³/mol. The summed E-state index contributed by atoms with van der Waals surface area (Å²) in [6, 6.07) is 2.73. The molecule has 0 unspecified atom stereocenters. The molecule has 22 heavy (non-hydrogen) atoms. The van der Waals surface area contributed by atoms with Gasteiger partial charge in [0.15, 0.2) is 0 Å². The molecule has 2 aromatic heterocycles. The Balaban J connectivity index is 1.59. The van der Waals surface area contributed by atoms with E-state index in [1.54, 1.807) is 0 Å². The largest absolute Gasteiger partial charge is 0.357 e. The molecule has 1 aliphatic carbocycles. The Bertz CT molecular complexity index is 667. The third-order valence-electron chi connectivity index (χ3n) is 5.35. The number of fused-ring (bicyclic) bond motifs is 1. The molecule has 4 rings (SSSR count). The molecule has 0 saturated carbocycles. The lowest BCUT2D eigenvalue weighted by molar-refractivity contribution is 0.236. The van der Waals surface area contributed by atoms with E-state index in [1.165, 1.54) is 67.8 Å². The number of imidazole rings is 1. The Labute approximate surface area is 132 Å². The van der Waals surface area contributed by atoms with Gasteiger partial charge in [-0.1, -0.05) is 0 Å². The van der Waals surface area contributed by atoms with Crippen molar-refractivity contribution in [1.82, 2.24) is 19.0 Å². The molecule has 3 heterocycles. The van der Waals surface area contributed by atoms with E-state index in [9.17, 15) is 0 Å². The van der Waals surface area contributed by atoms with Gasteiger partial charge in [-0.25, -0.2) is 4.98 Å². The van der Waals surface area contributed by atoms with Crippen molar-refractivity contribution in [3.8, 4) is 0 Å². The second-order valence-electron chi connectivity index (χ2n) is 6.94. The monoisotopic (exact) mass is 298 g/mol. The molecule has 1 saturated heterocycles. The minimum absolute atomic E-state index is 0.496. The van der Waals surface area contributed by atoms with Crippen LogP contribution in [0.3, 0.4) is 0 Å². The number of hydrogen-bond acceptors (Lipinski definition) is 2. The molecular formula is C18H26N4. The van der Waals surface area contributed by atoms with Gasteiger partial charge in [-0.2, -0.15) is 0 Å². The molecule has 118 valence electrons. The van der Waals surface area contributed by atoms with E-state index in [0.29, 0.717) is 6.04 Å². The Morgan fingerprint density at radius 1 is 1.18 bits per heavy atom. The van der Waals surface area contributed by atoms with Gasteiger partial charge in [-0.05, 0) is 56.7 Å². The molecule has 0 N–H and O–H groups in total. The Hall–Kier alpha value is -1.55. The molecule has 1 aliphatic heterocycles. The first-order valence-corrected chi connectivity index (χ1v) is 8.61. The highest BCUT2D eigenvalue weighted by atomic mass is 15.2. The molecular weight excluding hydrogens is 272 g/mol. The summed E-state index contributed by atoms with van der Waals surface area (Å²) in [5.74, 6) is 1.31. The summed E-state index contributed by atoms with van der Waals surface area (Å²) in [6.07, 6.45) is 11.9. The zero-order chi connectivity index (χ0) is 15.1. The molecule has 2 aromatic rings. The Morgan fingerprint density at radius 2 is 2.05 bits per heavy atom. The lowest BCUT2D eigenvalue weighted by Gasteiger charge is -2.24. The zero-order valence-electron chi connectivity index (χ0n) is 13.8. The summed E-state index contributed by atoms with van der Waals surface area (Å²) >= 11 is 0. The summed E-state index contributed by atoms with van der Waals surface area (Å²) in [5.41, 5.74) is 4.27. The average Bonchev–Trinajstić information content (AvgIpc) is 3.21. The summed E-state index contributed by atoms with van der Waals surface area (Å²) in [5, 5.41) is 0. The standard InChI is InChI=1S/C18H26N4/c1-20-11-9-14(12-20)13-22-10-5-8-17(22)18-19-15-6-3-4-7-16(15)21(18)2/h9,11-12,17H,3-8,10,13H2,1-2H3/t17-/m0/s1. The fourth-order valence-electron chi connectivity index (χ4n) is 4.20. The van der Waals surface area contributed by atoms with E-state index in [1.807, 2.05) is 0 Å². The molecule has 0 radical (unpaired) electrons. The smallest absolute Gasteiger partial charge is 0.126 e. The van der Waals surface area contributed by atoms with E-state index >= 15 is 0 Å². The van der Waals surface area contributed by atoms with Crippen LogP contribution in [-0.4, -0.2) is 25.6 Å². The number of hydrogen-bond donors (Lipinski definition) is 0. The van der Waals surface area contributed by atoms with Gasteiger partial charge < -0.3 is 9.13 Å². The molecule has 1 atom stereocenters. The van der Waals surface area contributed by atoms with Crippen molar-refractivity contribution in [2.24, 2.45) is 14.1 Å². The Morgan fingerprint density at radius 3 is 2.82 bits per heavy atom. The van der Waals surface area contributed by atoms with E-state index in [4.69, 9.17) is 4.98 Å². The van der Waals surface area contributed by atoms with Gasteiger partial charge >= 0.3 is 0 Å². The lowest BCUT2D eigenvalue weighted by Crippen LogP contribution is -2.25. The highest BCUT2D eigenvalue weighted by molar-refractivity contribution is 5.22. The van der Waals surface area contributed by atoms with E-state index in [0.717, 1.165) is 6.54 Å². The fraction of sp³-hybridized carbons (Fsp3) is 0.611. The normalized spacial score (nSPS) is 22.2. The van der Waals surface area contributed by atoms with Crippen LogP contribution in [0.5, 0.6) is 0 Å². The quantitative estimate of drug-likeness (QED) is 0.870. The third-order valence-corrected chi connectivity index (χ3v) is 5.35. The molecule has 0 aromatic carbocycles. The van der Waals surface area contributed by atoms with Gasteiger partial charge in [-0.3, -0.25) is 4.90 Å². The van der Waals surface area contributed by atoms with Gasteiger partial charge in [-0.15, -0.1) is 0 Å². The molecule has 0 amide bonds. The first kappa shape index (κ1) is 14.1. The van der Waals surface area contributed by atoms with E-state index in [-0.39, 0.29) is 0 Å². The van der Waals surface area contributed by atoms with Crippen LogP contribution in [0.2, 0.25) is 0 Å². The van der Waals surface area contributed by atoms with Crippen molar-refractivity contribution in [3.05, 3.63) is 41.2 Å². The second-order valence-corrected chi connectivity index (χ2v) is 6.94. The number of aryl methyl sites for hydroxylation is 2. The average molecular weight is 298 g/mol. The van der Waals surface area contributed by atoms with Crippen LogP contribution in [0, 0.1) is 0 Å². The highest BCUT2D eigenvalue weighted by Gasteiger charge is 2.31. The third kappa shape index (κ3) is 2.39. The van der Waals surface area contributed by atoms with Crippen molar-refractivity contribution in [2.45, 2.75) is 51.1 Å². The van der Waals surface area contributed by atoms with Crippen LogP contribution in [0.25, 0.3) is 0 Å². The first-order valence-electron chi connectivity index (χ1n) is 8.61. The minimum Gasteiger partial charge on any atom is -0.357 e. The highest BCUT2D eigenvalue weighted by Crippen LogP contribution is 2.34. The Kier molecular flexibility index (Phi) is 3.57. The minimum atomic E-state index is 0.496. The predicted octanol–water partition coefficient (Wildman–Crippen LogP) is 2.97. The van der Waals surface area contributed by atoms with Crippen molar-refractivity contribution in [1.29, 1.82) is 0 Å². The molecule has 4 heteroatoms. The fourth-order valence-corrected chi connectivity index (χ4v) is 4.20. The van der Waals surface area contributed by atoms with Crippen molar-refractivity contribution >= 4 is 0 Å². The van der Waals surface area contributed by atoms with Crippen LogP contribution in [0.1, 0.15) is 54.5 Å². The number of nitrogens with zero attached hydrogens (tertiary/aromatic N) is 4. The van der Waals surface area contributed by atoms with Crippen LogP contribution in [-0.2, 0) is 33.5 Å². The first-order chi connectivity index (χ1) is 10.7. The SMILES string of the molecule is Cn1ccc(CN2CCC[C@H]2c2nc3c(n2C)CCCC3)c1.